The molecule has 4 aromatic rings. The van der Waals surface area contributed by atoms with Gasteiger partial charge in [0, 0.05) is 27.1 Å². The van der Waals surface area contributed by atoms with Gasteiger partial charge >= 0.3 is 0 Å². The number of aryl methyl sites for hydroxylation is 1. The molecule has 1 heterocycles. The number of hydrogen-bond acceptors (Lipinski definition) is 3. The first-order valence-corrected chi connectivity index (χ1v) is 6.28. The molecule has 0 spiro atoms. The van der Waals surface area contributed by atoms with Crippen LogP contribution in [0.3, 0.4) is 0 Å². The maximum atomic E-state index is 12.6. The van der Waals surface area contributed by atoms with Gasteiger partial charge in [-0.2, -0.15) is 0 Å². The first-order chi connectivity index (χ1) is 9.22. The number of fused-ring (bicyclic) bond motifs is 3. The Morgan fingerprint density at radius 1 is 1.00 bits per heavy atom. The predicted molar refractivity (Wildman–Crippen MR) is 75.5 cm³/mol. The van der Waals surface area contributed by atoms with Gasteiger partial charge in [0.1, 0.15) is 0 Å². The van der Waals surface area contributed by atoms with E-state index in [1.54, 1.807) is 30.3 Å². The van der Waals surface area contributed by atoms with E-state index in [0.29, 0.717) is 28.0 Å². The second-order valence-electron chi connectivity index (χ2n) is 4.76. The van der Waals surface area contributed by atoms with Crippen molar-refractivity contribution in [2.45, 2.75) is 13.3 Å². The molecule has 92 valence electrons. The molecule has 0 N–H and O–H groups in total. The normalized spacial score (nSPS) is 12.1. The van der Waals surface area contributed by atoms with Gasteiger partial charge in [-0.05, 0) is 12.5 Å². The molecule has 3 heteroatoms. The summed E-state index contributed by atoms with van der Waals surface area (Å²) in [6.45, 7) is 1.97. The van der Waals surface area contributed by atoms with Crippen molar-refractivity contribution in [1.82, 2.24) is 0 Å². The molecule has 1 aromatic heterocycles. The van der Waals surface area contributed by atoms with E-state index in [0.717, 1.165) is 16.7 Å². The Kier molecular flexibility index (Phi) is 1.83. The van der Waals surface area contributed by atoms with E-state index in [2.05, 4.69) is 0 Å². The Labute approximate surface area is 107 Å². The second-order valence-corrected chi connectivity index (χ2v) is 4.76. The van der Waals surface area contributed by atoms with Gasteiger partial charge in [0.25, 0.3) is 0 Å². The zero-order valence-electron chi connectivity index (χ0n) is 10.3. The lowest BCUT2D eigenvalue weighted by Crippen LogP contribution is -2.13. The summed E-state index contributed by atoms with van der Waals surface area (Å²) in [5.41, 5.74) is 2.22. The molecular weight excluding hydrogens is 240 g/mol. The van der Waals surface area contributed by atoms with E-state index < -0.39 is 0 Å². The molecule has 4 rings (SSSR count). The average molecular weight is 250 g/mol. The summed E-state index contributed by atoms with van der Waals surface area (Å²) in [6, 6.07) is 8.67. The molecule has 3 nitrogen and oxygen atoms in total. The van der Waals surface area contributed by atoms with Crippen LogP contribution in [0.15, 0.2) is 44.3 Å². The van der Waals surface area contributed by atoms with Gasteiger partial charge in [0.2, 0.25) is 0 Å². The van der Waals surface area contributed by atoms with Crippen LogP contribution in [-0.2, 0) is 6.42 Å². The molecule has 19 heavy (non-hydrogen) atoms. The quantitative estimate of drug-likeness (QED) is 0.488. The van der Waals surface area contributed by atoms with Crippen LogP contribution in [0.4, 0.5) is 0 Å². The molecule has 0 aliphatic heterocycles. The molecule has 0 aliphatic carbocycles. The van der Waals surface area contributed by atoms with Gasteiger partial charge in [-0.1, -0.05) is 31.2 Å². The standard InChI is InChI=1S/C16H10O3/c1-2-8-13-11(7-12-16(8)19-12)14(17)9-5-3-4-6-10(9)15(13)18/h3-7H,2H2,1H3. The molecule has 0 atom stereocenters. The minimum absolute atomic E-state index is 0.0691. The van der Waals surface area contributed by atoms with Crippen molar-refractivity contribution in [3.8, 4) is 0 Å². The SMILES string of the molecule is CCc1c2oc2cc2c(=O)c3ccccc3c(=O)c12. The number of hydrogen-bond donors (Lipinski definition) is 0. The van der Waals surface area contributed by atoms with E-state index in [4.69, 9.17) is 4.42 Å². The summed E-state index contributed by atoms with van der Waals surface area (Å²) in [5.74, 6) is 0. The molecule has 3 aromatic carbocycles. The maximum Gasteiger partial charge on any atom is 0.194 e. The minimum Gasteiger partial charge on any atom is -0.449 e. The fourth-order valence-corrected chi connectivity index (χ4v) is 2.80. The van der Waals surface area contributed by atoms with Crippen molar-refractivity contribution in [3.05, 3.63) is 56.3 Å². The van der Waals surface area contributed by atoms with E-state index in [-0.39, 0.29) is 10.9 Å². The van der Waals surface area contributed by atoms with Gasteiger partial charge in [-0.25, -0.2) is 0 Å². The zero-order chi connectivity index (χ0) is 13.1. The largest absolute Gasteiger partial charge is 0.449 e. The third kappa shape index (κ3) is 1.22. The molecule has 0 bridgehead atoms. The van der Waals surface area contributed by atoms with Gasteiger partial charge in [0.05, 0.1) is 0 Å². The molecule has 0 unspecified atom stereocenters. The van der Waals surface area contributed by atoms with Crippen molar-refractivity contribution >= 4 is 32.7 Å². The van der Waals surface area contributed by atoms with Crippen LogP contribution in [0.1, 0.15) is 12.5 Å². The Morgan fingerprint density at radius 3 is 2.37 bits per heavy atom. The van der Waals surface area contributed by atoms with Gasteiger partial charge < -0.3 is 4.42 Å². The summed E-state index contributed by atoms with van der Waals surface area (Å²) in [7, 11) is 0. The summed E-state index contributed by atoms with van der Waals surface area (Å²) in [5, 5.41) is 2.00. The van der Waals surface area contributed by atoms with Crippen molar-refractivity contribution in [2.24, 2.45) is 0 Å². The first kappa shape index (κ1) is 10.5. The topological polar surface area (TPSA) is 47.3 Å². The first-order valence-electron chi connectivity index (χ1n) is 6.28. The molecule has 0 saturated carbocycles. The van der Waals surface area contributed by atoms with Gasteiger partial charge in [-0.15, -0.1) is 0 Å². The lowest BCUT2D eigenvalue weighted by atomic mass is 9.97. The molecule has 0 aliphatic rings. The van der Waals surface area contributed by atoms with Crippen molar-refractivity contribution in [3.63, 3.8) is 0 Å². The molecule has 0 fully saturated rings. The highest BCUT2D eigenvalue weighted by atomic mass is 16.4. The van der Waals surface area contributed by atoms with E-state index in [9.17, 15) is 9.59 Å². The smallest absolute Gasteiger partial charge is 0.194 e. The Balaban J connectivity index is 2.43. The lowest BCUT2D eigenvalue weighted by Gasteiger charge is -2.02. The fourth-order valence-electron chi connectivity index (χ4n) is 2.80. The summed E-state index contributed by atoms with van der Waals surface area (Å²) < 4.78 is 5.36. The Hall–Kier alpha value is -2.42. The van der Waals surface area contributed by atoms with E-state index in [1.807, 2.05) is 6.92 Å². The second kappa shape index (κ2) is 3.32. The van der Waals surface area contributed by atoms with Crippen LogP contribution < -0.4 is 10.9 Å². The van der Waals surface area contributed by atoms with Crippen LogP contribution in [0, 0.1) is 0 Å². The third-order valence-electron chi connectivity index (χ3n) is 3.76. The van der Waals surface area contributed by atoms with Crippen LogP contribution in [0.25, 0.3) is 32.7 Å². The van der Waals surface area contributed by atoms with Crippen molar-refractivity contribution in [2.75, 3.05) is 0 Å². The van der Waals surface area contributed by atoms with Crippen LogP contribution in [0.5, 0.6) is 0 Å². The van der Waals surface area contributed by atoms with Crippen molar-refractivity contribution < 1.29 is 4.42 Å². The van der Waals surface area contributed by atoms with Crippen LogP contribution >= 0.6 is 0 Å². The van der Waals surface area contributed by atoms with E-state index in [1.165, 1.54) is 0 Å². The number of benzene rings is 3. The maximum absolute atomic E-state index is 12.6. The summed E-state index contributed by atoms with van der Waals surface area (Å²) in [6.07, 6.45) is 0.687. The summed E-state index contributed by atoms with van der Waals surface area (Å²) in [4.78, 5) is 25.1. The fraction of sp³-hybridized carbons (Fsp3) is 0.125. The lowest BCUT2D eigenvalue weighted by molar-refractivity contribution is 0.753. The van der Waals surface area contributed by atoms with Gasteiger partial charge in [0.15, 0.2) is 22.0 Å². The molecule has 0 radical (unpaired) electrons. The minimum atomic E-state index is -0.0850. The Morgan fingerprint density at radius 2 is 1.68 bits per heavy atom. The monoisotopic (exact) mass is 250 g/mol. The third-order valence-corrected chi connectivity index (χ3v) is 3.76. The highest BCUT2D eigenvalue weighted by molar-refractivity contribution is 6.06. The summed E-state index contributed by atoms with van der Waals surface area (Å²) >= 11 is 0. The van der Waals surface area contributed by atoms with Crippen LogP contribution in [0.2, 0.25) is 0 Å². The van der Waals surface area contributed by atoms with Gasteiger partial charge in [-0.3, -0.25) is 9.59 Å². The number of rotatable bonds is 1. The zero-order valence-corrected chi connectivity index (χ0v) is 10.3. The highest BCUT2D eigenvalue weighted by Crippen LogP contribution is 2.33. The van der Waals surface area contributed by atoms with Crippen molar-refractivity contribution in [1.29, 1.82) is 0 Å². The molecule has 0 saturated heterocycles. The van der Waals surface area contributed by atoms with E-state index >= 15 is 0 Å². The predicted octanol–water partition coefficient (Wildman–Crippen LogP) is 2.90. The molecular formula is C16H10O3. The Bertz CT molecular complexity index is 1030. The average Bonchev–Trinajstić information content (AvgIpc) is 3.21. The molecule has 0 amide bonds. The van der Waals surface area contributed by atoms with Crippen LogP contribution in [-0.4, -0.2) is 0 Å². The highest BCUT2D eigenvalue weighted by Gasteiger charge is 2.21.